The van der Waals surface area contributed by atoms with E-state index in [1.54, 1.807) is 0 Å². The molecule has 0 aromatic heterocycles. The molecule has 1 aliphatic heterocycles. The Morgan fingerprint density at radius 1 is 0.848 bits per heavy atom. The highest BCUT2D eigenvalue weighted by molar-refractivity contribution is 6.74. The molecule has 5 rings (SSSR count). The summed E-state index contributed by atoms with van der Waals surface area (Å²) < 4.78 is 20.8. The third-order valence-electron chi connectivity index (χ3n) is 12.2. The van der Waals surface area contributed by atoms with Gasteiger partial charge in [-0.1, -0.05) is 54.4 Å². The van der Waals surface area contributed by atoms with Gasteiger partial charge in [0.05, 0.1) is 18.3 Å². The summed E-state index contributed by atoms with van der Waals surface area (Å²) in [7, 11) is -1.81. The molecule has 1 heterocycles. The molecule has 0 amide bonds. The zero-order valence-electron chi connectivity index (χ0n) is 23.3. The van der Waals surface area contributed by atoms with Gasteiger partial charge in [-0.3, -0.25) is 0 Å². The summed E-state index contributed by atoms with van der Waals surface area (Å²) in [6.07, 6.45) is 10.3. The van der Waals surface area contributed by atoms with Gasteiger partial charge >= 0.3 is 0 Å². The van der Waals surface area contributed by atoms with Gasteiger partial charge in [-0.25, -0.2) is 0 Å². The lowest BCUT2D eigenvalue weighted by Crippen LogP contribution is -2.64. The summed E-state index contributed by atoms with van der Waals surface area (Å²) in [5.41, 5.74) is 0.650. The molecule has 0 bridgehead atoms. The molecule has 0 radical (unpaired) electrons. The Bertz CT molecular complexity index is 771. The van der Waals surface area contributed by atoms with Gasteiger partial charge in [-0.05, 0) is 105 Å². The summed E-state index contributed by atoms with van der Waals surface area (Å²) in [6, 6.07) is 0. The molecule has 0 aromatic carbocycles. The smallest absolute Gasteiger partial charge is 0.192 e. The fraction of sp³-hybridized carbons (Fsp3) is 1.00. The normalized spacial score (nSPS) is 51.5. The molecule has 5 aliphatic rings. The van der Waals surface area contributed by atoms with E-state index in [2.05, 4.69) is 68.5 Å². The van der Waals surface area contributed by atoms with Crippen LogP contribution in [0.3, 0.4) is 0 Å². The highest BCUT2D eigenvalue weighted by atomic mass is 28.4. The second-order valence-electron chi connectivity index (χ2n) is 15.2. The molecule has 4 saturated carbocycles. The lowest BCUT2D eigenvalue weighted by molar-refractivity contribution is -0.197. The van der Waals surface area contributed by atoms with Gasteiger partial charge in [-0.15, -0.1) is 0 Å². The van der Waals surface area contributed by atoms with E-state index in [0.29, 0.717) is 35.2 Å². The van der Waals surface area contributed by atoms with Crippen LogP contribution in [-0.4, -0.2) is 32.4 Å². The highest BCUT2D eigenvalue weighted by Gasteiger charge is 2.69. The van der Waals surface area contributed by atoms with Crippen molar-refractivity contribution in [1.29, 1.82) is 0 Å². The van der Waals surface area contributed by atoms with Crippen LogP contribution in [0.5, 0.6) is 0 Å². The first-order chi connectivity index (χ1) is 15.1. The summed E-state index contributed by atoms with van der Waals surface area (Å²) in [5, 5.41) is 0.257. The Labute approximate surface area is 205 Å². The van der Waals surface area contributed by atoms with Crippen molar-refractivity contribution in [1.82, 2.24) is 0 Å². The molecule has 3 nitrogen and oxygen atoms in total. The van der Waals surface area contributed by atoms with Gasteiger partial charge in [-0.2, -0.15) is 0 Å². The average Bonchev–Trinajstić information content (AvgIpc) is 3.18. The second-order valence-corrected chi connectivity index (χ2v) is 19.9. The van der Waals surface area contributed by atoms with Crippen molar-refractivity contribution in [2.45, 2.75) is 143 Å². The molecular formula is C29H52O3Si. The largest absolute Gasteiger partial charge is 0.413 e. The minimum Gasteiger partial charge on any atom is -0.413 e. The standard InChI is InChI=1S/C29H52O3Si/c1-18-17-21-23(19-14-15-22(29(18,19)8)32-33(9,10)26(2,3)4)25-24(30-27(5,6)31-25)20-13-11-12-16-28(20,21)7/h18-25H,11-17H2,1-10H3/t18?,19?,20?,21?,22-,23?,24+,25+,28-,29-/m0/s1. The van der Waals surface area contributed by atoms with Crippen molar-refractivity contribution in [3.8, 4) is 0 Å². The Hall–Kier alpha value is 0.0969. The van der Waals surface area contributed by atoms with E-state index in [1.165, 1.54) is 44.9 Å². The molecule has 10 atom stereocenters. The molecule has 5 fully saturated rings. The van der Waals surface area contributed by atoms with Crippen molar-refractivity contribution in [2.75, 3.05) is 0 Å². The fourth-order valence-corrected chi connectivity index (χ4v) is 10.7. The molecule has 0 N–H and O–H groups in total. The van der Waals surface area contributed by atoms with Gasteiger partial charge in [0.1, 0.15) is 0 Å². The predicted octanol–water partition coefficient (Wildman–Crippen LogP) is 7.80. The van der Waals surface area contributed by atoms with Crippen LogP contribution < -0.4 is 0 Å². The first-order valence-corrected chi connectivity index (χ1v) is 17.1. The molecule has 0 aromatic rings. The quantitative estimate of drug-likeness (QED) is 0.381. The number of ether oxygens (including phenoxy) is 2. The van der Waals surface area contributed by atoms with Gasteiger partial charge in [0.25, 0.3) is 0 Å². The SMILES string of the molecule is CC1CC2C(C3CC[C@H](O[Si](C)(C)C(C)(C)C)[C@@]13C)[C@H]1OC(C)(C)O[C@@H]1C1CCCC[C@]21C. The first-order valence-electron chi connectivity index (χ1n) is 14.2. The number of hydrogen-bond donors (Lipinski definition) is 0. The maximum Gasteiger partial charge on any atom is 0.192 e. The zero-order valence-corrected chi connectivity index (χ0v) is 24.3. The van der Waals surface area contributed by atoms with E-state index in [-0.39, 0.29) is 22.7 Å². The van der Waals surface area contributed by atoms with E-state index < -0.39 is 14.1 Å². The molecule has 33 heavy (non-hydrogen) atoms. The second kappa shape index (κ2) is 7.55. The van der Waals surface area contributed by atoms with Crippen LogP contribution in [0.4, 0.5) is 0 Å². The van der Waals surface area contributed by atoms with Crippen molar-refractivity contribution >= 4 is 8.32 Å². The average molecular weight is 477 g/mol. The lowest BCUT2D eigenvalue weighted by Gasteiger charge is -2.64. The van der Waals surface area contributed by atoms with Crippen LogP contribution in [0.1, 0.15) is 100 Å². The van der Waals surface area contributed by atoms with Crippen LogP contribution in [0.15, 0.2) is 0 Å². The van der Waals surface area contributed by atoms with Crippen LogP contribution >= 0.6 is 0 Å². The molecule has 0 spiro atoms. The molecule has 1 saturated heterocycles. The first kappa shape index (κ1) is 24.8. The van der Waals surface area contributed by atoms with Crippen LogP contribution in [0.2, 0.25) is 18.1 Å². The lowest BCUT2D eigenvalue weighted by atomic mass is 9.42. The van der Waals surface area contributed by atoms with Crippen molar-refractivity contribution in [3.63, 3.8) is 0 Å². The van der Waals surface area contributed by atoms with Crippen molar-refractivity contribution < 1.29 is 13.9 Å². The number of rotatable bonds is 2. The molecule has 5 unspecified atom stereocenters. The Balaban J connectivity index is 1.52. The van der Waals surface area contributed by atoms with Crippen LogP contribution in [0, 0.1) is 40.4 Å². The van der Waals surface area contributed by atoms with Crippen molar-refractivity contribution in [2.24, 2.45) is 40.4 Å². The van der Waals surface area contributed by atoms with Crippen LogP contribution in [-0.2, 0) is 13.9 Å². The maximum absolute atomic E-state index is 7.24. The van der Waals surface area contributed by atoms with Gasteiger partial charge in [0.15, 0.2) is 14.1 Å². The van der Waals surface area contributed by atoms with Gasteiger partial charge in [0.2, 0.25) is 0 Å². The number of fused-ring (bicyclic) bond motifs is 8. The Kier molecular flexibility index (Phi) is 5.67. The van der Waals surface area contributed by atoms with Gasteiger partial charge in [0, 0.05) is 0 Å². The van der Waals surface area contributed by atoms with Crippen molar-refractivity contribution in [3.05, 3.63) is 0 Å². The van der Waals surface area contributed by atoms with E-state index >= 15 is 0 Å². The minimum absolute atomic E-state index is 0.245. The Morgan fingerprint density at radius 2 is 1.52 bits per heavy atom. The predicted molar refractivity (Wildman–Crippen MR) is 138 cm³/mol. The topological polar surface area (TPSA) is 27.7 Å². The fourth-order valence-electron chi connectivity index (χ4n) is 9.25. The molecular weight excluding hydrogens is 424 g/mol. The maximum atomic E-state index is 7.24. The van der Waals surface area contributed by atoms with E-state index in [9.17, 15) is 0 Å². The monoisotopic (exact) mass is 476 g/mol. The summed E-state index contributed by atoms with van der Waals surface area (Å²) >= 11 is 0. The van der Waals surface area contributed by atoms with E-state index in [4.69, 9.17) is 13.9 Å². The molecule has 4 aliphatic carbocycles. The summed E-state index contributed by atoms with van der Waals surface area (Å²) in [4.78, 5) is 0. The van der Waals surface area contributed by atoms with E-state index in [1.807, 2.05) is 0 Å². The number of hydrogen-bond acceptors (Lipinski definition) is 3. The minimum atomic E-state index is -1.81. The van der Waals surface area contributed by atoms with E-state index in [0.717, 1.165) is 5.92 Å². The van der Waals surface area contributed by atoms with Crippen LogP contribution in [0.25, 0.3) is 0 Å². The Morgan fingerprint density at radius 3 is 2.18 bits per heavy atom. The third-order valence-corrected chi connectivity index (χ3v) is 16.7. The van der Waals surface area contributed by atoms with Gasteiger partial charge < -0.3 is 13.9 Å². The zero-order chi connectivity index (χ0) is 24.2. The molecule has 4 heteroatoms. The summed E-state index contributed by atoms with van der Waals surface area (Å²) in [5.74, 6) is 2.98. The highest BCUT2D eigenvalue weighted by Crippen LogP contribution is 2.70. The third kappa shape index (κ3) is 3.50. The summed E-state index contributed by atoms with van der Waals surface area (Å²) in [6.45, 7) is 24.2. The molecule has 190 valence electrons.